The third-order valence-electron chi connectivity index (χ3n) is 4.14. The number of halogens is 2. The van der Waals surface area contributed by atoms with Gasteiger partial charge in [0.2, 0.25) is 0 Å². The van der Waals surface area contributed by atoms with Crippen molar-refractivity contribution < 1.29 is 19.1 Å². The number of rotatable bonds is 9. The van der Waals surface area contributed by atoms with Gasteiger partial charge in [0.25, 0.3) is 11.8 Å². The maximum Gasteiger partial charge on any atom is 0.277 e. The number of hydrogen-bond acceptors (Lipinski definition) is 6. The number of aryl methyl sites for hydroxylation is 4. The molecular weight excluding hydrogens is 544 g/mol. The van der Waals surface area contributed by atoms with E-state index in [9.17, 15) is 9.59 Å². The molecule has 8 nitrogen and oxygen atoms in total. The Bertz CT molecular complexity index is 925. The number of hydrogen-bond donors (Lipinski definition) is 2. The molecule has 0 bridgehead atoms. The van der Waals surface area contributed by atoms with Gasteiger partial charge in [-0.25, -0.2) is 10.9 Å². The minimum Gasteiger partial charge on any atom is -0.483 e. The van der Waals surface area contributed by atoms with Gasteiger partial charge in [-0.15, -0.1) is 0 Å². The van der Waals surface area contributed by atoms with Crippen LogP contribution in [-0.4, -0.2) is 37.5 Å². The smallest absolute Gasteiger partial charge is 0.277 e. The fraction of sp³-hybridized carbons (Fsp3) is 0.273. The zero-order valence-corrected chi connectivity index (χ0v) is 21.3. The third kappa shape index (κ3) is 8.08. The molecule has 0 heterocycles. The first-order valence-corrected chi connectivity index (χ1v) is 11.2. The lowest BCUT2D eigenvalue weighted by Gasteiger charge is -2.11. The van der Waals surface area contributed by atoms with Crippen molar-refractivity contribution in [2.24, 2.45) is 10.2 Å². The van der Waals surface area contributed by atoms with Gasteiger partial charge in [0.1, 0.15) is 11.5 Å². The van der Waals surface area contributed by atoms with Crippen LogP contribution in [-0.2, 0) is 9.59 Å². The summed E-state index contributed by atoms with van der Waals surface area (Å²) in [5.74, 6) is 0.475. The van der Waals surface area contributed by atoms with Gasteiger partial charge in [0, 0.05) is 8.95 Å². The van der Waals surface area contributed by atoms with Crippen LogP contribution in [0.1, 0.15) is 22.3 Å². The first-order chi connectivity index (χ1) is 15.2. The molecule has 170 valence electrons. The predicted octanol–water partition coefficient (Wildman–Crippen LogP) is 4.11. The highest BCUT2D eigenvalue weighted by molar-refractivity contribution is 9.10. The Hall–Kier alpha value is -2.72. The Labute approximate surface area is 203 Å². The van der Waals surface area contributed by atoms with E-state index in [1.807, 2.05) is 52.0 Å². The van der Waals surface area contributed by atoms with Crippen molar-refractivity contribution in [2.75, 3.05) is 13.2 Å². The Kier molecular flexibility index (Phi) is 9.86. The SMILES string of the molecule is Cc1cc(Br)cc(C)c1OCC(=O)N/N=C\C=N/NC(=O)COc1c(C)cc(Br)cc1C. The molecule has 0 aliphatic rings. The minimum absolute atomic E-state index is 0.180. The highest BCUT2D eigenvalue weighted by Gasteiger charge is 2.09. The molecule has 0 aliphatic carbocycles. The van der Waals surface area contributed by atoms with Crippen LogP contribution >= 0.6 is 31.9 Å². The zero-order chi connectivity index (χ0) is 23.7. The van der Waals surface area contributed by atoms with Crippen molar-refractivity contribution in [3.8, 4) is 11.5 Å². The Morgan fingerprint density at radius 2 is 1.06 bits per heavy atom. The van der Waals surface area contributed by atoms with Crippen LogP contribution in [0, 0.1) is 27.7 Å². The molecule has 2 aromatic carbocycles. The van der Waals surface area contributed by atoms with Gasteiger partial charge in [-0.1, -0.05) is 31.9 Å². The third-order valence-corrected chi connectivity index (χ3v) is 5.06. The highest BCUT2D eigenvalue weighted by Crippen LogP contribution is 2.28. The number of ether oxygens (including phenoxy) is 2. The molecule has 2 rings (SSSR count). The van der Waals surface area contributed by atoms with Crippen molar-refractivity contribution in [1.82, 2.24) is 10.9 Å². The van der Waals surface area contributed by atoms with E-state index >= 15 is 0 Å². The second-order valence-corrected chi connectivity index (χ2v) is 8.77. The zero-order valence-electron chi connectivity index (χ0n) is 18.2. The van der Waals surface area contributed by atoms with Crippen LogP contribution in [0.15, 0.2) is 43.4 Å². The summed E-state index contributed by atoms with van der Waals surface area (Å²) in [4.78, 5) is 23.7. The van der Waals surface area contributed by atoms with Gasteiger partial charge < -0.3 is 9.47 Å². The van der Waals surface area contributed by atoms with Gasteiger partial charge in [-0.2, -0.15) is 10.2 Å². The molecule has 2 aromatic rings. The number of carbonyl (C=O) groups excluding carboxylic acids is 2. The number of amides is 2. The van der Waals surface area contributed by atoms with Crippen molar-refractivity contribution in [3.05, 3.63) is 55.5 Å². The van der Waals surface area contributed by atoms with Crippen LogP contribution in [0.2, 0.25) is 0 Å². The van der Waals surface area contributed by atoms with Gasteiger partial charge >= 0.3 is 0 Å². The van der Waals surface area contributed by atoms with Crippen LogP contribution in [0.4, 0.5) is 0 Å². The molecule has 0 saturated heterocycles. The molecular formula is C22H24Br2N4O4. The summed E-state index contributed by atoms with van der Waals surface area (Å²) in [7, 11) is 0. The summed E-state index contributed by atoms with van der Waals surface area (Å²) in [6, 6.07) is 7.65. The fourth-order valence-corrected chi connectivity index (χ4v) is 4.25. The summed E-state index contributed by atoms with van der Waals surface area (Å²) < 4.78 is 13.0. The summed E-state index contributed by atoms with van der Waals surface area (Å²) in [6.45, 7) is 7.25. The maximum absolute atomic E-state index is 11.8. The molecule has 0 fully saturated rings. The highest BCUT2D eigenvalue weighted by atomic mass is 79.9. The number of nitrogens with one attached hydrogen (secondary N) is 2. The number of hydrazone groups is 2. The molecule has 0 radical (unpaired) electrons. The van der Waals surface area contributed by atoms with Crippen molar-refractivity contribution >= 4 is 56.1 Å². The predicted molar refractivity (Wildman–Crippen MR) is 131 cm³/mol. The molecule has 32 heavy (non-hydrogen) atoms. The minimum atomic E-state index is -0.422. The standard InChI is InChI=1S/C22H24Br2N4O4/c1-13-7-17(23)8-14(2)21(13)31-11-19(29)27-25-5-6-26-28-20(30)12-32-22-15(3)9-18(24)10-16(22)4/h5-10H,11-12H2,1-4H3,(H,27,29)(H,28,30)/b25-5-,26-6-. The average molecular weight is 568 g/mol. The second kappa shape index (κ2) is 12.4. The quantitative estimate of drug-likeness (QED) is 0.352. The molecule has 2 N–H and O–H groups in total. The molecule has 0 spiro atoms. The molecule has 0 aromatic heterocycles. The van der Waals surface area contributed by atoms with Crippen molar-refractivity contribution in [3.63, 3.8) is 0 Å². The topological polar surface area (TPSA) is 101 Å². The van der Waals surface area contributed by atoms with E-state index in [2.05, 4.69) is 52.9 Å². The maximum atomic E-state index is 11.8. The van der Waals surface area contributed by atoms with Gasteiger partial charge in [-0.3, -0.25) is 9.59 Å². The van der Waals surface area contributed by atoms with Gasteiger partial charge in [0.15, 0.2) is 13.2 Å². The number of nitrogens with zero attached hydrogens (tertiary/aromatic N) is 2. The lowest BCUT2D eigenvalue weighted by Crippen LogP contribution is -2.26. The monoisotopic (exact) mass is 566 g/mol. The Balaban J connectivity index is 1.70. The summed E-state index contributed by atoms with van der Waals surface area (Å²) in [6.07, 6.45) is 2.47. The summed E-state index contributed by atoms with van der Waals surface area (Å²) >= 11 is 6.83. The van der Waals surface area contributed by atoms with Crippen LogP contribution in [0.5, 0.6) is 11.5 Å². The molecule has 0 saturated carbocycles. The molecule has 0 unspecified atom stereocenters. The summed E-state index contributed by atoms with van der Waals surface area (Å²) in [5.41, 5.74) is 8.32. The number of carbonyl (C=O) groups is 2. The fourth-order valence-electron chi connectivity index (χ4n) is 2.88. The second-order valence-electron chi connectivity index (χ2n) is 6.94. The van der Waals surface area contributed by atoms with E-state index in [4.69, 9.17) is 9.47 Å². The average Bonchev–Trinajstić information content (AvgIpc) is 2.68. The first-order valence-electron chi connectivity index (χ1n) is 9.59. The first kappa shape index (κ1) is 25.5. The molecule has 2 amide bonds. The van der Waals surface area contributed by atoms with E-state index in [1.54, 1.807) is 0 Å². The Morgan fingerprint density at radius 3 is 1.38 bits per heavy atom. The van der Waals surface area contributed by atoms with Gasteiger partial charge in [0.05, 0.1) is 12.4 Å². The normalized spacial score (nSPS) is 11.1. The lowest BCUT2D eigenvalue weighted by molar-refractivity contribution is -0.123. The molecule has 0 aliphatic heterocycles. The van der Waals surface area contributed by atoms with Crippen LogP contribution in [0.3, 0.4) is 0 Å². The molecule has 0 atom stereocenters. The largest absolute Gasteiger partial charge is 0.483 e. The summed E-state index contributed by atoms with van der Waals surface area (Å²) in [5, 5.41) is 7.43. The van der Waals surface area contributed by atoms with Crippen molar-refractivity contribution in [2.45, 2.75) is 27.7 Å². The van der Waals surface area contributed by atoms with E-state index < -0.39 is 11.8 Å². The number of benzene rings is 2. The van der Waals surface area contributed by atoms with E-state index in [1.165, 1.54) is 12.4 Å². The van der Waals surface area contributed by atoms with Crippen molar-refractivity contribution in [1.29, 1.82) is 0 Å². The van der Waals surface area contributed by atoms with Gasteiger partial charge in [-0.05, 0) is 74.2 Å². The van der Waals surface area contributed by atoms with E-state index in [0.717, 1.165) is 31.2 Å². The van der Waals surface area contributed by atoms with E-state index in [-0.39, 0.29) is 13.2 Å². The molecule has 10 heteroatoms. The Morgan fingerprint density at radius 1 is 0.750 bits per heavy atom. The lowest BCUT2D eigenvalue weighted by atomic mass is 10.1. The van der Waals surface area contributed by atoms with Crippen LogP contribution < -0.4 is 20.3 Å². The van der Waals surface area contributed by atoms with E-state index in [0.29, 0.717) is 11.5 Å². The van der Waals surface area contributed by atoms with Crippen LogP contribution in [0.25, 0.3) is 0 Å².